The van der Waals surface area contributed by atoms with Crippen LogP contribution in [0.1, 0.15) is 11.5 Å². The second-order valence-corrected chi connectivity index (χ2v) is 5.67. The number of aromatic nitrogens is 1. The van der Waals surface area contributed by atoms with Crippen LogP contribution in [0.15, 0.2) is 46.0 Å². The zero-order chi connectivity index (χ0) is 13.7. The summed E-state index contributed by atoms with van der Waals surface area (Å²) in [7, 11) is -2.17. The maximum Gasteiger partial charge on any atom is 0.273 e. The van der Waals surface area contributed by atoms with Crippen molar-refractivity contribution in [1.82, 2.24) is 15.0 Å². The minimum absolute atomic E-state index is 0.0790. The Morgan fingerprint density at radius 1 is 1.21 bits per heavy atom. The van der Waals surface area contributed by atoms with Crippen LogP contribution in [0.25, 0.3) is 0 Å². The molecule has 0 amide bonds. The molecule has 0 aliphatic rings. The molecule has 0 saturated carbocycles. The van der Waals surface area contributed by atoms with Gasteiger partial charge in [0, 0.05) is 12.7 Å². The SMILES string of the molecule is CNS(=O)(=O)c1ccc(CNCc2ccccn2)o1. The highest BCUT2D eigenvalue weighted by molar-refractivity contribution is 7.89. The number of nitrogens with one attached hydrogen (secondary N) is 2. The lowest BCUT2D eigenvalue weighted by Crippen LogP contribution is -2.18. The molecule has 0 aromatic carbocycles. The lowest BCUT2D eigenvalue weighted by atomic mass is 10.3. The van der Waals surface area contributed by atoms with Crippen LogP contribution in [0.4, 0.5) is 0 Å². The number of rotatable bonds is 6. The molecule has 0 spiro atoms. The summed E-state index contributed by atoms with van der Waals surface area (Å²) in [4.78, 5) is 4.17. The number of nitrogens with zero attached hydrogens (tertiary/aromatic N) is 1. The average molecular weight is 281 g/mol. The Hall–Kier alpha value is -1.70. The molecule has 0 aliphatic carbocycles. The van der Waals surface area contributed by atoms with E-state index >= 15 is 0 Å². The van der Waals surface area contributed by atoms with Gasteiger partial charge < -0.3 is 9.73 Å². The van der Waals surface area contributed by atoms with Gasteiger partial charge in [-0.3, -0.25) is 4.98 Å². The zero-order valence-electron chi connectivity index (χ0n) is 10.5. The molecule has 0 saturated heterocycles. The molecule has 2 rings (SSSR count). The fourth-order valence-corrected chi connectivity index (χ4v) is 2.18. The molecule has 6 nitrogen and oxygen atoms in total. The van der Waals surface area contributed by atoms with Crippen LogP contribution in [-0.4, -0.2) is 20.4 Å². The molecule has 0 atom stereocenters. The van der Waals surface area contributed by atoms with Gasteiger partial charge in [-0.15, -0.1) is 0 Å². The standard InChI is InChI=1S/C12H15N3O3S/c1-13-19(16,17)12-6-5-11(18-12)9-14-8-10-4-2-3-7-15-10/h2-7,13-14H,8-9H2,1H3. The average Bonchev–Trinajstić information content (AvgIpc) is 2.90. The summed E-state index contributed by atoms with van der Waals surface area (Å²) >= 11 is 0. The number of hydrogen-bond acceptors (Lipinski definition) is 5. The third kappa shape index (κ3) is 3.63. The van der Waals surface area contributed by atoms with Crippen molar-refractivity contribution >= 4 is 10.0 Å². The molecule has 7 heteroatoms. The van der Waals surface area contributed by atoms with Gasteiger partial charge in [-0.2, -0.15) is 0 Å². The molecule has 0 radical (unpaired) electrons. The van der Waals surface area contributed by atoms with E-state index in [1.54, 1.807) is 12.3 Å². The van der Waals surface area contributed by atoms with Gasteiger partial charge in [-0.25, -0.2) is 13.1 Å². The summed E-state index contributed by atoms with van der Waals surface area (Å²) in [5, 5.41) is 3.05. The molecule has 0 bridgehead atoms. The van der Waals surface area contributed by atoms with E-state index in [2.05, 4.69) is 15.0 Å². The van der Waals surface area contributed by atoms with Gasteiger partial charge in [-0.1, -0.05) is 6.07 Å². The zero-order valence-corrected chi connectivity index (χ0v) is 11.3. The molecule has 2 heterocycles. The quantitative estimate of drug-likeness (QED) is 0.821. The molecule has 2 aromatic rings. The van der Waals surface area contributed by atoms with Gasteiger partial charge in [0.1, 0.15) is 5.76 Å². The predicted molar refractivity (Wildman–Crippen MR) is 69.7 cm³/mol. The Kier molecular flexibility index (Phi) is 4.31. The van der Waals surface area contributed by atoms with Gasteiger partial charge in [0.15, 0.2) is 0 Å². The van der Waals surface area contributed by atoms with Crippen molar-refractivity contribution < 1.29 is 12.8 Å². The summed E-state index contributed by atoms with van der Waals surface area (Å²) < 4.78 is 30.4. The highest BCUT2D eigenvalue weighted by atomic mass is 32.2. The Labute approximate surface area is 111 Å². The number of hydrogen-bond donors (Lipinski definition) is 2. The van der Waals surface area contributed by atoms with E-state index in [-0.39, 0.29) is 5.09 Å². The van der Waals surface area contributed by atoms with Crippen molar-refractivity contribution in [1.29, 1.82) is 0 Å². The second kappa shape index (κ2) is 5.96. The fourth-order valence-electron chi connectivity index (χ4n) is 1.51. The van der Waals surface area contributed by atoms with E-state index in [1.165, 1.54) is 13.1 Å². The van der Waals surface area contributed by atoms with Crippen LogP contribution >= 0.6 is 0 Å². The van der Waals surface area contributed by atoms with E-state index < -0.39 is 10.0 Å². The summed E-state index contributed by atoms with van der Waals surface area (Å²) in [5.41, 5.74) is 0.914. The van der Waals surface area contributed by atoms with E-state index in [0.717, 1.165) is 5.69 Å². The van der Waals surface area contributed by atoms with Crippen LogP contribution in [0.5, 0.6) is 0 Å². The first kappa shape index (κ1) is 13.7. The lowest BCUT2D eigenvalue weighted by Gasteiger charge is -2.02. The Balaban J connectivity index is 1.91. The molecular formula is C12H15N3O3S. The van der Waals surface area contributed by atoms with Crippen molar-refractivity contribution in [2.24, 2.45) is 0 Å². The Bertz CT molecular complexity index is 623. The normalized spacial score (nSPS) is 11.6. The molecule has 2 N–H and O–H groups in total. The summed E-state index contributed by atoms with van der Waals surface area (Å²) in [6.07, 6.45) is 1.72. The second-order valence-electron chi connectivity index (χ2n) is 3.85. The summed E-state index contributed by atoms with van der Waals surface area (Å²) in [6, 6.07) is 8.74. The van der Waals surface area contributed by atoms with Crippen LogP contribution in [0.2, 0.25) is 0 Å². The van der Waals surface area contributed by atoms with Crippen LogP contribution in [-0.2, 0) is 23.1 Å². The highest BCUT2D eigenvalue weighted by Gasteiger charge is 2.15. The van der Waals surface area contributed by atoms with Crippen LogP contribution in [0.3, 0.4) is 0 Å². The van der Waals surface area contributed by atoms with Crippen molar-refractivity contribution in [3.63, 3.8) is 0 Å². The fraction of sp³-hybridized carbons (Fsp3) is 0.250. The van der Waals surface area contributed by atoms with Gasteiger partial charge >= 0.3 is 0 Å². The van der Waals surface area contributed by atoms with Crippen LogP contribution < -0.4 is 10.0 Å². The largest absolute Gasteiger partial charge is 0.447 e. The minimum atomic E-state index is -3.51. The molecule has 0 fully saturated rings. The predicted octanol–water partition coefficient (Wildman–Crippen LogP) is 0.872. The lowest BCUT2D eigenvalue weighted by molar-refractivity contribution is 0.400. The van der Waals surface area contributed by atoms with Gasteiger partial charge in [-0.05, 0) is 31.3 Å². The van der Waals surface area contributed by atoms with Crippen molar-refractivity contribution in [2.75, 3.05) is 7.05 Å². The first-order valence-electron chi connectivity index (χ1n) is 5.75. The molecule has 102 valence electrons. The van der Waals surface area contributed by atoms with Gasteiger partial charge in [0.25, 0.3) is 10.0 Å². The first-order valence-corrected chi connectivity index (χ1v) is 7.23. The number of furan rings is 1. The van der Waals surface area contributed by atoms with E-state index in [1.807, 2.05) is 18.2 Å². The maximum atomic E-state index is 11.5. The van der Waals surface area contributed by atoms with E-state index in [9.17, 15) is 8.42 Å². The van der Waals surface area contributed by atoms with Crippen LogP contribution in [0, 0.1) is 0 Å². The molecule has 0 unspecified atom stereocenters. The van der Waals surface area contributed by atoms with Crippen molar-refractivity contribution in [2.45, 2.75) is 18.2 Å². The monoisotopic (exact) mass is 281 g/mol. The number of sulfonamides is 1. The third-order valence-electron chi connectivity index (χ3n) is 2.50. The molecule has 0 aliphatic heterocycles. The van der Waals surface area contributed by atoms with Gasteiger partial charge in [0.2, 0.25) is 5.09 Å². The Morgan fingerprint density at radius 3 is 2.74 bits per heavy atom. The topological polar surface area (TPSA) is 84.2 Å². The number of pyridine rings is 1. The minimum Gasteiger partial charge on any atom is -0.447 e. The first-order chi connectivity index (χ1) is 9.12. The van der Waals surface area contributed by atoms with Gasteiger partial charge in [0.05, 0.1) is 12.2 Å². The summed E-state index contributed by atoms with van der Waals surface area (Å²) in [5.74, 6) is 0.560. The summed E-state index contributed by atoms with van der Waals surface area (Å²) in [6.45, 7) is 1.03. The van der Waals surface area contributed by atoms with Crippen molar-refractivity contribution in [3.05, 3.63) is 48.0 Å². The van der Waals surface area contributed by atoms with E-state index in [4.69, 9.17) is 4.42 Å². The smallest absolute Gasteiger partial charge is 0.273 e. The third-order valence-corrected chi connectivity index (χ3v) is 3.79. The van der Waals surface area contributed by atoms with E-state index in [0.29, 0.717) is 18.8 Å². The maximum absolute atomic E-state index is 11.5. The van der Waals surface area contributed by atoms with Crippen molar-refractivity contribution in [3.8, 4) is 0 Å². The molecule has 2 aromatic heterocycles. The molecular weight excluding hydrogens is 266 g/mol. The highest BCUT2D eigenvalue weighted by Crippen LogP contribution is 2.13. The molecule has 19 heavy (non-hydrogen) atoms. The Morgan fingerprint density at radius 2 is 2.05 bits per heavy atom.